The number of hydrogen-bond donors (Lipinski definition) is 1. The lowest BCUT2D eigenvalue weighted by atomic mass is 9.97. The molecule has 2 heterocycles. The highest BCUT2D eigenvalue weighted by Crippen LogP contribution is 2.21. The zero-order valence-corrected chi connectivity index (χ0v) is 18.0. The average molecular weight is 422 g/mol. The van der Waals surface area contributed by atoms with Crippen LogP contribution in [0.25, 0.3) is 5.69 Å². The lowest BCUT2D eigenvalue weighted by Crippen LogP contribution is -2.48. The zero-order chi connectivity index (χ0) is 21.0. The summed E-state index contributed by atoms with van der Waals surface area (Å²) in [6.07, 6.45) is 2.09. The molecule has 29 heavy (non-hydrogen) atoms. The van der Waals surface area contributed by atoms with E-state index < -0.39 is 11.7 Å². The Hall–Kier alpha value is -2.25. The quantitative estimate of drug-likeness (QED) is 0.785. The minimum Gasteiger partial charge on any atom is -0.493 e. The maximum Gasteiger partial charge on any atom is 0.407 e. The van der Waals surface area contributed by atoms with Crippen molar-refractivity contribution in [1.82, 2.24) is 15.1 Å². The molecule has 1 amide bonds. The summed E-state index contributed by atoms with van der Waals surface area (Å²) in [7, 11) is 0. The number of aryl methyl sites for hydroxylation is 1. The number of carbonyl (C=O) groups excluding carboxylic acids is 1. The summed E-state index contributed by atoms with van der Waals surface area (Å²) in [5.41, 5.74) is 1.16. The van der Waals surface area contributed by atoms with Crippen molar-refractivity contribution < 1.29 is 19.0 Å². The van der Waals surface area contributed by atoms with E-state index in [0.29, 0.717) is 24.8 Å². The highest BCUT2D eigenvalue weighted by Gasteiger charge is 2.29. The third kappa shape index (κ3) is 6.11. The van der Waals surface area contributed by atoms with E-state index in [-0.39, 0.29) is 12.0 Å². The predicted octanol–water partition coefficient (Wildman–Crippen LogP) is 4.14. The molecule has 7 nitrogen and oxygen atoms in total. The standard InChI is InChI=1S/C21H28ClN3O4/c1-14-18(22)11-25(24-14)16-5-7-17(8-6-16)28-13-15-12-27-10-9-19(15)23-20(26)29-21(2,3)4/h5-8,11,15,19H,9-10,12-13H2,1-4H3,(H,23,26)/t15-,19+/m1/s1. The summed E-state index contributed by atoms with van der Waals surface area (Å²) < 4.78 is 18.6. The van der Waals surface area contributed by atoms with E-state index in [1.807, 2.05) is 52.0 Å². The Morgan fingerprint density at radius 3 is 2.69 bits per heavy atom. The number of amides is 1. The van der Waals surface area contributed by atoms with Crippen LogP contribution in [0, 0.1) is 12.8 Å². The van der Waals surface area contributed by atoms with Crippen molar-refractivity contribution in [2.45, 2.75) is 45.8 Å². The smallest absolute Gasteiger partial charge is 0.407 e. The molecule has 1 aromatic carbocycles. The Morgan fingerprint density at radius 1 is 1.34 bits per heavy atom. The van der Waals surface area contributed by atoms with E-state index in [1.165, 1.54) is 0 Å². The number of ether oxygens (including phenoxy) is 3. The van der Waals surface area contributed by atoms with Gasteiger partial charge in [0.2, 0.25) is 0 Å². The minimum atomic E-state index is -0.527. The van der Waals surface area contributed by atoms with Crippen molar-refractivity contribution in [3.05, 3.63) is 41.2 Å². The molecule has 2 aromatic rings. The largest absolute Gasteiger partial charge is 0.493 e. The van der Waals surface area contributed by atoms with Gasteiger partial charge in [0.05, 0.1) is 29.6 Å². The molecule has 1 aliphatic heterocycles. The monoisotopic (exact) mass is 421 g/mol. The highest BCUT2D eigenvalue weighted by molar-refractivity contribution is 6.31. The molecule has 3 rings (SSSR count). The van der Waals surface area contributed by atoms with Crippen molar-refractivity contribution in [2.24, 2.45) is 5.92 Å². The van der Waals surface area contributed by atoms with E-state index in [4.69, 9.17) is 25.8 Å². The molecule has 1 aliphatic rings. The number of nitrogens with one attached hydrogen (secondary N) is 1. The molecule has 0 aliphatic carbocycles. The molecular weight excluding hydrogens is 394 g/mol. The molecule has 1 saturated heterocycles. The SMILES string of the molecule is Cc1nn(-c2ccc(OC[C@H]3COCC[C@@H]3NC(=O)OC(C)(C)C)cc2)cc1Cl. The summed E-state index contributed by atoms with van der Waals surface area (Å²) in [5.74, 6) is 0.786. The molecule has 0 radical (unpaired) electrons. The molecule has 2 atom stereocenters. The number of aromatic nitrogens is 2. The van der Waals surface area contributed by atoms with Gasteiger partial charge in [-0.1, -0.05) is 11.6 Å². The molecule has 0 spiro atoms. The van der Waals surface area contributed by atoms with Crippen LogP contribution in [0.4, 0.5) is 4.79 Å². The van der Waals surface area contributed by atoms with Gasteiger partial charge in [-0.2, -0.15) is 5.10 Å². The van der Waals surface area contributed by atoms with Crippen LogP contribution in [0.1, 0.15) is 32.9 Å². The van der Waals surface area contributed by atoms with Crippen LogP contribution in [-0.4, -0.2) is 47.3 Å². The van der Waals surface area contributed by atoms with E-state index in [9.17, 15) is 4.79 Å². The highest BCUT2D eigenvalue weighted by atomic mass is 35.5. The Morgan fingerprint density at radius 2 is 2.07 bits per heavy atom. The van der Waals surface area contributed by atoms with Gasteiger partial charge in [0.25, 0.3) is 0 Å². The number of nitrogens with zero attached hydrogens (tertiary/aromatic N) is 2. The van der Waals surface area contributed by atoms with Gasteiger partial charge in [-0.05, 0) is 58.4 Å². The van der Waals surface area contributed by atoms with Crippen LogP contribution in [0.15, 0.2) is 30.5 Å². The first-order valence-electron chi connectivity index (χ1n) is 9.73. The first-order chi connectivity index (χ1) is 13.7. The molecule has 1 fully saturated rings. The molecule has 1 aromatic heterocycles. The molecule has 8 heteroatoms. The summed E-state index contributed by atoms with van der Waals surface area (Å²) in [6, 6.07) is 7.57. The lowest BCUT2D eigenvalue weighted by molar-refractivity contribution is 0.00439. The second kappa shape index (κ2) is 9.05. The zero-order valence-electron chi connectivity index (χ0n) is 17.3. The van der Waals surface area contributed by atoms with Crippen LogP contribution in [0.2, 0.25) is 5.02 Å². The van der Waals surface area contributed by atoms with Crippen molar-refractivity contribution in [1.29, 1.82) is 0 Å². The van der Waals surface area contributed by atoms with Crippen LogP contribution in [0.3, 0.4) is 0 Å². The van der Waals surface area contributed by atoms with E-state index >= 15 is 0 Å². The van der Waals surface area contributed by atoms with Gasteiger partial charge in [-0.25, -0.2) is 9.48 Å². The fourth-order valence-corrected chi connectivity index (χ4v) is 3.21. The third-order valence-corrected chi connectivity index (χ3v) is 4.95. The lowest BCUT2D eigenvalue weighted by Gasteiger charge is -2.32. The number of carbonyl (C=O) groups is 1. The summed E-state index contributed by atoms with van der Waals surface area (Å²) in [4.78, 5) is 12.1. The Labute approximate surface area is 176 Å². The second-order valence-electron chi connectivity index (χ2n) is 8.19. The van der Waals surface area contributed by atoms with Gasteiger partial charge in [0.15, 0.2) is 0 Å². The fraction of sp³-hybridized carbons (Fsp3) is 0.524. The molecule has 158 valence electrons. The van der Waals surface area contributed by atoms with Gasteiger partial charge in [-0.15, -0.1) is 0 Å². The Balaban J connectivity index is 1.56. The Bertz CT molecular complexity index is 810. The molecule has 1 N–H and O–H groups in total. The van der Waals surface area contributed by atoms with Crippen molar-refractivity contribution in [3.8, 4) is 11.4 Å². The minimum absolute atomic E-state index is 0.0449. The summed E-state index contributed by atoms with van der Waals surface area (Å²) in [6.45, 7) is 8.98. The number of hydrogen-bond acceptors (Lipinski definition) is 5. The van der Waals surface area contributed by atoms with Crippen LogP contribution < -0.4 is 10.1 Å². The molecule has 0 unspecified atom stereocenters. The van der Waals surface area contributed by atoms with Gasteiger partial charge in [-0.3, -0.25) is 0 Å². The molecule has 0 saturated carbocycles. The van der Waals surface area contributed by atoms with E-state index in [2.05, 4.69) is 10.4 Å². The van der Waals surface area contributed by atoms with Crippen molar-refractivity contribution in [2.75, 3.05) is 19.8 Å². The first kappa shape index (κ1) is 21.5. The van der Waals surface area contributed by atoms with Gasteiger partial charge in [0.1, 0.15) is 11.4 Å². The fourth-order valence-electron chi connectivity index (χ4n) is 3.08. The van der Waals surface area contributed by atoms with Gasteiger partial charge >= 0.3 is 6.09 Å². The van der Waals surface area contributed by atoms with Crippen molar-refractivity contribution >= 4 is 17.7 Å². The number of rotatable bonds is 5. The summed E-state index contributed by atoms with van der Waals surface area (Å²) >= 11 is 6.07. The summed E-state index contributed by atoms with van der Waals surface area (Å²) in [5, 5.41) is 7.95. The number of benzene rings is 1. The molecule has 0 bridgehead atoms. The van der Waals surface area contributed by atoms with Crippen LogP contribution >= 0.6 is 11.6 Å². The van der Waals surface area contributed by atoms with E-state index in [0.717, 1.165) is 23.6 Å². The van der Waals surface area contributed by atoms with Crippen molar-refractivity contribution in [3.63, 3.8) is 0 Å². The maximum atomic E-state index is 12.1. The van der Waals surface area contributed by atoms with Gasteiger partial charge in [0, 0.05) is 24.8 Å². The number of alkyl carbamates (subject to hydrolysis) is 1. The van der Waals surface area contributed by atoms with Crippen LogP contribution in [0.5, 0.6) is 5.75 Å². The van der Waals surface area contributed by atoms with Crippen LogP contribution in [-0.2, 0) is 9.47 Å². The molecular formula is C21H28ClN3O4. The number of halogens is 1. The maximum absolute atomic E-state index is 12.1. The average Bonchev–Trinajstić information content (AvgIpc) is 2.98. The Kier molecular flexibility index (Phi) is 6.70. The second-order valence-corrected chi connectivity index (χ2v) is 8.60. The predicted molar refractivity (Wildman–Crippen MR) is 111 cm³/mol. The third-order valence-electron chi connectivity index (χ3n) is 4.58. The van der Waals surface area contributed by atoms with E-state index in [1.54, 1.807) is 10.9 Å². The normalized spacial score (nSPS) is 19.6. The first-order valence-corrected chi connectivity index (χ1v) is 10.1. The van der Waals surface area contributed by atoms with Gasteiger partial charge < -0.3 is 19.5 Å². The topological polar surface area (TPSA) is 74.6 Å².